The highest BCUT2D eigenvalue weighted by molar-refractivity contribution is 5.74. The summed E-state index contributed by atoms with van der Waals surface area (Å²) in [5.41, 5.74) is 0.490. The largest absolute Gasteiger partial charge is 0.334 e. The normalized spacial score (nSPS) is 15.3. The van der Waals surface area contributed by atoms with E-state index in [1.165, 1.54) is 6.07 Å². The summed E-state index contributed by atoms with van der Waals surface area (Å²) in [5, 5.41) is 8.44. The van der Waals surface area contributed by atoms with E-state index in [1.807, 2.05) is 0 Å². The van der Waals surface area contributed by atoms with Gasteiger partial charge in [-0.15, -0.1) is 0 Å². The van der Waals surface area contributed by atoms with Gasteiger partial charge in [0.15, 0.2) is 0 Å². The fourth-order valence-corrected chi connectivity index (χ4v) is 1.44. The standard InChI is InChI=1S/C11H14FN3O/c12-10-4-2-1-3-8(10)5-14-11(16)15-9-6-13-7-9/h1-4,9,13H,5-7H2,(H2,14,15,16). The maximum absolute atomic E-state index is 13.2. The third-order valence-corrected chi connectivity index (χ3v) is 2.51. The summed E-state index contributed by atoms with van der Waals surface area (Å²) in [5.74, 6) is -0.298. The van der Waals surface area contributed by atoms with Crippen molar-refractivity contribution in [2.75, 3.05) is 13.1 Å². The molecule has 1 aromatic carbocycles. The van der Waals surface area contributed by atoms with Crippen molar-refractivity contribution in [2.45, 2.75) is 12.6 Å². The number of carbonyl (C=O) groups excluding carboxylic acids is 1. The molecule has 2 rings (SSSR count). The molecule has 1 heterocycles. The van der Waals surface area contributed by atoms with Crippen LogP contribution in [0, 0.1) is 5.82 Å². The molecule has 0 unspecified atom stereocenters. The zero-order valence-corrected chi connectivity index (χ0v) is 8.79. The highest BCUT2D eigenvalue weighted by Crippen LogP contribution is 2.05. The molecule has 1 aliphatic heterocycles. The number of hydrogen-bond donors (Lipinski definition) is 3. The van der Waals surface area contributed by atoms with Crippen LogP contribution in [0.3, 0.4) is 0 Å². The van der Waals surface area contributed by atoms with Gasteiger partial charge in [-0.2, -0.15) is 0 Å². The molecule has 5 heteroatoms. The molecule has 86 valence electrons. The summed E-state index contributed by atoms with van der Waals surface area (Å²) in [7, 11) is 0. The van der Waals surface area contributed by atoms with E-state index in [0.717, 1.165) is 13.1 Å². The lowest BCUT2D eigenvalue weighted by molar-refractivity contribution is 0.231. The van der Waals surface area contributed by atoms with Gasteiger partial charge in [-0.25, -0.2) is 9.18 Å². The molecule has 0 radical (unpaired) electrons. The molecule has 1 aliphatic rings. The first-order valence-corrected chi connectivity index (χ1v) is 5.24. The number of halogens is 1. The molecule has 1 aromatic rings. The maximum Gasteiger partial charge on any atom is 0.315 e. The van der Waals surface area contributed by atoms with Gasteiger partial charge >= 0.3 is 6.03 Å². The van der Waals surface area contributed by atoms with Crippen LogP contribution in [0.15, 0.2) is 24.3 Å². The Kier molecular flexibility index (Phi) is 3.36. The molecular weight excluding hydrogens is 209 g/mol. The number of benzene rings is 1. The van der Waals surface area contributed by atoms with Crippen LogP contribution in [0.25, 0.3) is 0 Å². The van der Waals surface area contributed by atoms with Crippen LogP contribution in [-0.2, 0) is 6.54 Å². The number of hydrogen-bond acceptors (Lipinski definition) is 2. The van der Waals surface area contributed by atoms with E-state index in [-0.39, 0.29) is 24.4 Å². The third-order valence-electron chi connectivity index (χ3n) is 2.51. The van der Waals surface area contributed by atoms with Gasteiger partial charge in [0, 0.05) is 25.2 Å². The molecule has 0 aromatic heterocycles. The lowest BCUT2D eigenvalue weighted by Crippen LogP contribution is -2.58. The minimum atomic E-state index is -0.298. The quantitative estimate of drug-likeness (QED) is 0.702. The van der Waals surface area contributed by atoms with Crippen molar-refractivity contribution in [1.29, 1.82) is 0 Å². The van der Waals surface area contributed by atoms with Gasteiger partial charge in [0.1, 0.15) is 5.82 Å². The Morgan fingerprint density at radius 1 is 1.44 bits per heavy atom. The second-order valence-corrected chi connectivity index (χ2v) is 3.77. The number of nitrogens with one attached hydrogen (secondary N) is 3. The number of urea groups is 1. The summed E-state index contributed by atoms with van der Waals surface area (Å²) in [4.78, 5) is 11.4. The highest BCUT2D eigenvalue weighted by atomic mass is 19.1. The third kappa shape index (κ3) is 2.70. The van der Waals surface area contributed by atoms with E-state index in [1.54, 1.807) is 18.2 Å². The molecule has 0 aliphatic carbocycles. The Labute approximate surface area is 93.2 Å². The average Bonchev–Trinajstić information content (AvgIpc) is 2.22. The van der Waals surface area contributed by atoms with Crippen LogP contribution >= 0.6 is 0 Å². The topological polar surface area (TPSA) is 53.2 Å². The van der Waals surface area contributed by atoms with Crippen molar-refractivity contribution >= 4 is 6.03 Å². The first-order chi connectivity index (χ1) is 7.75. The van der Waals surface area contributed by atoms with Crippen molar-refractivity contribution in [3.63, 3.8) is 0 Å². The summed E-state index contributed by atoms with van der Waals surface area (Å²) in [6.45, 7) is 1.80. The van der Waals surface area contributed by atoms with Gasteiger partial charge in [-0.3, -0.25) is 0 Å². The summed E-state index contributed by atoms with van der Waals surface area (Å²) >= 11 is 0. The predicted octanol–water partition coefficient (Wildman–Crippen LogP) is 0.597. The lowest BCUT2D eigenvalue weighted by Gasteiger charge is -2.27. The molecule has 1 saturated heterocycles. The predicted molar refractivity (Wildman–Crippen MR) is 58.4 cm³/mol. The Hall–Kier alpha value is -1.62. The molecule has 0 saturated carbocycles. The molecule has 3 N–H and O–H groups in total. The minimum absolute atomic E-state index is 0.195. The second-order valence-electron chi connectivity index (χ2n) is 3.77. The number of carbonyl (C=O) groups is 1. The van der Waals surface area contributed by atoms with E-state index in [0.29, 0.717) is 5.56 Å². The first-order valence-electron chi connectivity index (χ1n) is 5.24. The monoisotopic (exact) mass is 223 g/mol. The minimum Gasteiger partial charge on any atom is -0.334 e. The molecule has 0 spiro atoms. The number of rotatable bonds is 3. The van der Waals surface area contributed by atoms with E-state index >= 15 is 0 Å². The van der Waals surface area contributed by atoms with E-state index in [2.05, 4.69) is 16.0 Å². The smallest absolute Gasteiger partial charge is 0.315 e. The SMILES string of the molecule is O=C(NCc1ccccc1F)NC1CNC1. The van der Waals surface area contributed by atoms with Gasteiger partial charge < -0.3 is 16.0 Å². The summed E-state index contributed by atoms with van der Waals surface area (Å²) in [6.07, 6.45) is 0. The van der Waals surface area contributed by atoms with Crippen molar-refractivity contribution in [3.05, 3.63) is 35.6 Å². The highest BCUT2D eigenvalue weighted by Gasteiger charge is 2.18. The van der Waals surface area contributed by atoms with Gasteiger partial charge in [-0.1, -0.05) is 18.2 Å². The molecule has 0 bridgehead atoms. The van der Waals surface area contributed by atoms with Gasteiger partial charge in [-0.05, 0) is 6.07 Å². The molecular formula is C11H14FN3O. The molecule has 16 heavy (non-hydrogen) atoms. The molecule has 2 amide bonds. The van der Waals surface area contributed by atoms with Crippen molar-refractivity contribution in [2.24, 2.45) is 0 Å². The van der Waals surface area contributed by atoms with Crippen LogP contribution in [0.2, 0.25) is 0 Å². The Bertz CT molecular complexity index is 379. The summed E-state index contributed by atoms with van der Waals surface area (Å²) in [6, 6.07) is 6.34. The Morgan fingerprint density at radius 3 is 2.81 bits per heavy atom. The summed E-state index contributed by atoms with van der Waals surface area (Å²) < 4.78 is 13.2. The van der Waals surface area contributed by atoms with Gasteiger partial charge in [0.25, 0.3) is 0 Å². The molecule has 0 atom stereocenters. The zero-order chi connectivity index (χ0) is 11.4. The van der Waals surface area contributed by atoms with Crippen LogP contribution in [0.5, 0.6) is 0 Å². The van der Waals surface area contributed by atoms with Crippen molar-refractivity contribution in [1.82, 2.24) is 16.0 Å². The maximum atomic E-state index is 13.2. The fourth-order valence-electron chi connectivity index (χ4n) is 1.44. The number of amides is 2. The van der Waals surface area contributed by atoms with E-state index in [4.69, 9.17) is 0 Å². The van der Waals surface area contributed by atoms with Crippen LogP contribution < -0.4 is 16.0 Å². The van der Waals surface area contributed by atoms with Crippen molar-refractivity contribution < 1.29 is 9.18 Å². The van der Waals surface area contributed by atoms with Crippen LogP contribution in [0.4, 0.5) is 9.18 Å². The molecule has 1 fully saturated rings. The fraction of sp³-hybridized carbons (Fsp3) is 0.364. The van der Waals surface area contributed by atoms with Crippen LogP contribution in [0.1, 0.15) is 5.56 Å². The first kappa shape index (κ1) is 10.9. The lowest BCUT2D eigenvalue weighted by atomic mass is 10.2. The second kappa shape index (κ2) is 4.94. The Balaban J connectivity index is 1.78. The van der Waals surface area contributed by atoms with Gasteiger partial charge in [0.05, 0.1) is 6.04 Å². The average molecular weight is 223 g/mol. The zero-order valence-electron chi connectivity index (χ0n) is 8.79. The van der Waals surface area contributed by atoms with Crippen LogP contribution in [-0.4, -0.2) is 25.2 Å². The molecule has 4 nitrogen and oxygen atoms in total. The van der Waals surface area contributed by atoms with E-state index in [9.17, 15) is 9.18 Å². The van der Waals surface area contributed by atoms with Crippen molar-refractivity contribution in [3.8, 4) is 0 Å². The van der Waals surface area contributed by atoms with E-state index < -0.39 is 0 Å². The van der Waals surface area contributed by atoms with Gasteiger partial charge in [0.2, 0.25) is 0 Å². The Morgan fingerprint density at radius 2 is 2.19 bits per heavy atom.